The lowest BCUT2D eigenvalue weighted by Gasteiger charge is -2.27. The highest BCUT2D eigenvalue weighted by Gasteiger charge is 2.16. The van der Waals surface area contributed by atoms with Gasteiger partial charge in [0, 0.05) is 25.0 Å². The maximum absolute atomic E-state index is 5.32. The van der Waals surface area contributed by atoms with Gasteiger partial charge in [-0.05, 0) is 49.1 Å². The highest BCUT2D eigenvalue weighted by molar-refractivity contribution is 5.90. The van der Waals surface area contributed by atoms with Crippen molar-refractivity contribution in [1.82, 2.24) is 9.97 Å². The number of methoxy groups -OCH3 is 1. The minimum absolute atomic E-state index is 0. The third kappa shape index (κ3) is 4.42. The molecule has 27 heavy (non-hydrogen) atoms. The summed E-state index contributed by atoms with van der Waals surface area (Å²) in [5.74, 6) is 2.58. The molecule has 2 heterocycles. The van der Waals surface area contributed by atoms with Crippen molar-refractivity contribution in [2.24, 2.45) is 0 Å². The van der Waals surface area contributed by atoms with E-state index >= 15 is 0 Å². The molecule has 1 N–H and O–H groups in total. The van der Waals surface area contributed by atoms with Crippen molar-refractivity contribution < 1.29 is 4.74 Å². The van der Waals surface area contributed by atoms with Gasteiger partial charge < -0.3 is 15.0 Å². The SMILES string of the molecule is COc1cccc(CNc2nc(N3CCCCC3)nc3ccccc23)c1.Cl. The first-order valence-electron chi connectivity index (χ1n) is 9.22. The first-order valence-corrected chi connectivity index (χ1v) is 9.22. The van der Waals surface area contributed by atoms with Crippen LogP contribution >= 0.6 is 12.4 Å². The van der Waals surface area contributed by atoms with E-state index in [4.69, 9.17) is 14.7 Å². The Morgan fingerprint density at radius 1 is 1.00 bits per heavy atom. The van der Waals surface area contributed by atoms with Crippen LogP contribution < -0.4 is 15.0 Å². The Bertz CT molecular complexity index is 896. The fourth-order valence-electron chi connectivity index (χ4n) is 3.40. The highest BCUT2D eigenvalue weighted by Crippen LogP contribution is 2.25. The number of aromatic nitrogens is 2. The summed E-state index contributed by atoms with van der Waals surface area (Å²) in [5, 5.41) is 4.55. The fourth-order valence-corrected chi connectivity index (χ4v) is 3.40. The zero-order valence-corrected chi connectivity index (χ0v) is 16.3. The molecule has 1 fully saturated rings. The fraction of sp³-hybridized carbons (Fsp3) is 0.333. The second kappa shape index (κ2) is 8.91. The molecule has 0 amide bonds. The molecule has 0 atom stereocenters. The topological polar surface area (TPSA) is 50.3 Å². The van der Waals surface area contributed by atoms with E-state index < -0.39 is 0 Å². The van der Waals surface area contributed by atoms with E-state index in [9.17, 15) is 0 Å². The monoisotopic (exact) mass is 384 g/mol. The molecule has 0 unspecified atom stereocenters. The summed E-state index contributed by atoms with van der Waals surface area (Å²) in [4.78, 5) is 11.9. The molecule has 3 aromatic rings. The summed E-state index contributed by atoms with van der Waals surface area (Å²) in [7, 11) is 1.69. The minimum Gasteiger partial charge on any atom is -0.497 e. The smallest absolute Gasteiger partial charge is 0.227 e. The van der Waals surface area contributed by atoms with Crippen LogP contribution in [0.25, 0.3) is 10.9 Å². The number of halogens is 1. The molecule has 1 aliphatic rings. The number of ether oxygens (including phenoxy) is 1. The zero-order valence-electron chi connectivity index (χ0n) is 15.5. The van der Waals surface area contributed by atoms with Crippen LogP contribution in [0.15, 0.2) is 48.5 Å². The molecule has 2 aromatic carbocycles. The van der Waals surface area contributed by atoms with Crippen molar-refractivity contribution in [1.29, 1.82) is 0 Å². The molecule has 0 bridgehead atoms. The molecule has 0 spiro atoms. The Labute approximate surface area is 166 Å². The van der Waals surface area contributed by atoms with Crippen LogP contribution in [0.5, 0.6) is 5.75 Å². The second-order valence-electron chi connectivity index (χ2n) is 6.64. The third-order valence-electron chi connectivity index (χ3n) is 4.82. The molecule has 0 saturated carbocycles. The second-order valence-corrected chi connectivity index (χ2v) is 6.64. The molecule has 1 aromatic heterocycles. The van der Waals surface area contributed by atoms with Crippen LogP contribution in [0.3, 0.4) is 0 Å². The Kier molecular flexibility index (Phi) is 6.35. The van der Waals surface area contributed by atoms with Gasteiger partial charge in [0.1, 0.15) is 11.6 Å². The van der Waals surface area contributed by atoms with Gasteiger partial charge in [-0.3, -0.25) is 0 Å². The normalized spacial score (nSPS) is 13.9. The number of piperidine rings is 1. The van der Waals surface area contributed by atoms with E-state index in [2.05, 4.69) is 28.4 Å². The summed E-state index contributed by atoms with van der Waals surface area (Å²) in [6.07, 6.45) is 3.72. The maximum atomic E-state index is 5.32. The zero-order chi connectivity index (χ0) is 17.8. The van der Waals surface area contributed by atoms with Gasteiger partial charge in [0.05, 0.1) is 12.6 Å². The van der Waals surface area contributed by atoms with E-state index in [0.29, 0.717) is 6.54 Å². The number of para-hydroxylation sites is 1. The van der Waals surface area contributed by atoms with Gasteiger partial charge in [-0.15, -0.1) is 12.4 Å². The van der Waals surface area contributed by atoms with Crippen LogP contribution in [0, 0.1) is 0 Å². The standard InChI is InChI=1S/C21H24N4O.ClH/c1-26-17-9-7-8-16(14-17)15-22-20-18-10-3-4-11-19(18)23-21(24-20)25-12-5-2-6-13-25;/h3-4,7-11,14H,2,5-6,12-13,15H2,1H3,(H,22,23,24);1H. The first-order chi connectivity index (χ1) is 12.8. The number of nitrogens with zero attached hydrogens (tertiary/aromatic N) is 3. The lowest BCUT2D eigenvalue weighted by atomic mass is 10.1. The van der Waals surface area contributed by atoms with Crippen molar-refractivity contribution >= 4 is 35.1 Å². The van der Waals surface area contributed by atoms with Crippen molar-refractivity contribution in [3.8, 4) is 5.75 Å². The number of benzene rings is 2. The van der Waals surface area contributed by atoms with Crippen LogP contribution in [0.2, 0.25) is 0 Å². The molecule has 4 rings (SSSR count). The van der Waals surface area contributed by atoms with E-state index in [-0.39, 0.29) is 12.4 Å². The van der Waals surface area contributed by atoms with Crippen LogP contribution in [0.1, 0.15) is 24.8 Å². The van der Waals surface area contributed by atoms with Gasteiger partial charge in [-0.1, -0.05) is 24.3 Å². The Morgan fingerprint density at radius 2 is 1.81 bits per heavy atom. The summed E-state index contributed by atoms with van der Waals surface area (Å²) in [6, 6.07) is 16.3. The highest BCUT2D eigenvalue weighted by atomic mass is 35.5. The lowest BCUT2D eigenvalue weighted by Crippen LogP contribution is -2.31. The van der Waals surface area contributed by atoms with Crippen LogP contribution in [-0.4, -0.2) is 30.2 Å². The molecular weight excluding hydrogens is 360 g/mol. The van der Waals surface area contributed by atoms with Gasteiger partial charge in [0.25, 0.3) is 0 Å². The summed E-state index contributed by atoms with van der Waals surface area (Å²) in [6.45, 7) is 2.76. The van der Waals surface area contributed by atoms with Crippen molar-refractivity contribution in [3.63, 3.8) is 0 Å². The quantitative estimate of drug-likeness (QED) is 0.693. The number of hydrogen-bond donors (Lipinski definition) is 1. The number of nitrogens with one attached hydrogen (secondary N) is 1. The summed E-state index contributed by atoms with van der Waals surface area (Å²) in [5.41, 5.74) is 2.14. The summed E-state index contributed by atoms with van der Waals surface area (Å²) < 4.78 is 5.32. The Morgan fingerprint density at radius 3 is 2.63 bits per heavy atom. The van der Waals surface area contributed by atoms with Gasteiger partial charge in [0.15, 0.2) is 0 Å². The van der Waals surface area contributed by atoms with E-state index in [1.165, 1.54) is 19.3 Å². The maximum Gasteiger partial charge on any atom is 0.227 e. The number of rotatable bonds is 5. The molecule has 6 heteroatoms. The van der Waals surface area contributed by atoms with Crippen molar-refractivity contribution in [3.05, 3.63) is 54.1 Å². The van der Waals surface area contributed by atoms with Gasteiger partial charge >= 0.3 is 0 Å². The third-order valence-corrected chi connectivity index (χ3v) is 4.82. The van der Waals surface area contributed by atoms with E-state index in [1.54, 1.807) is 7.11 Å². The van der Waals surface area contributed by atoms with Crippen LogP contribution in [-0.2, 0) is 6.54 Å². The number of anilines is 2. The predicted octanol–water partition coefficient (Wildman–Crippen LogP) is 4.66. The molecule has 0 aliphatic carbocycles. The van der Waals surface area contributed by atoms with Gasteiger partial charge in [-0.2, -0.15) is 4.98 Å². The number of fused-ring (bicyclic) bond motifs is 1. The molecule has 5 nitrogen and oxygen atoms in total. The van der Waals surface area contributed by atoms with Crippen molar-refractivity contribution in [2.75, 3.05) is 30.4 Å². The minimum atomic E-state index is 0. The van der Waals surface area contributed by atoms with Gasteiger partial charge in [0.2, 0.25) is 5.95 Å². The average molecular weight is 385 g/mol. The molecule has 1 saturated heterocycles. The molecular formula is C21H25ClN4O. The van der Waals surface area contributed by atoms with Gasteiger partial charge in [-0.25, -0.2) is 4.98 Å². The average Bonchev–Trinajstić information content (AvgIpc) is 2.72. The predicted molar refractivity (Wildman–Crippen MR) is 113 cm³/mol. The first kappa shape index (κ1) is 19.2. The summed E-state index contributed by atoms with van der Waals surface area (Å²) >= 11 is 0. The molecule has 0 radical (unpaired) electrons. The largest absolute Gasteiger partial charge is 0.497 e. The van der Waals surface area contributed by atoms with Crippen molar-refractivity contribution in [2.45, 2.75) is 25.8 Å². The Balaban J connectivity index is 0.00000210. The van der Waals surface area contributed by atoms with E-state index in [0.717, 1.165) is 47.1 Å². The van der Waals surface area contributed by atoms with Crippen LogP contribution in [0.4, 0.5) is 11.8 Å². The Hall–Kier alpha value is -2.53. The molecule has 142 valence electrons. The number of hydrogen-bond acceptors (Lipinski definition) is 5. The molecule has 1 aliphatic heterocycles. The van der Waals surface area contributed by atoms with E-state index in [1.807, 2.05) is 30.3 Å². The lowest BCUT2D eigenvalue weighted by molar-refractivity contribution is 0.414.